The molecule has 3 N–H and O–H groups in total. The number of carboxylic acid groups (broad SMARTS) is 1. The van der Waals surface area contributed by atoms with Crippen LogP contribution in [0.25, 0.3) is 0 Å². The molecule has 5 heteroatoms. The minimum atomic E-state index is -0.919. The first kappa shape index (κ1) is 21.8. The fraction of sp³-hybridized carbons (Fsp3) is 0.870. The molecule has 8 atom stereocenters. The van der Waals surface area contributed by atoms with Gasteiger partial charge in [-0.3, -0.25) is 0 Å². The van der Waals surface area contributed by atoms with Gasteiger partial charge in [0.25, 0.3) is 0 Å². The van der Waals surface area contributed by atoms with E-state index < -0.39 is 12.1 Å². The Labute approximate surface area is 169 Å². The molecule has 0 bridgehead atoms. The molecule has 0 heterocycles. The van der Waals surface area contributed by atoms with Crippen LogP contribution in [0.2, 0.25) is 0 Å². The highest BCUT2D eigenvalue weighted by Crippen LogP contribution is 2.51. The molecule has 5 nitrogen and oxygen atoms in total. The van der Waals surface area contributed by atoms with Crippen molar-refractivity contribution in [3.63, 3.8) is 0 Å². The monoisotopic (exact) mass is 394 g/mol. The summed E-state index contributed by atoms with van der Waals surface area (Å²) in [6.45, 7) is 2.54. The van der Waals surface area contributed by atoms with Crippen molar-refractivity contribution < 1.29 is 24.9 Å². The summed E-state index contributed by atoms with van der Waals surface area (Å²) in [6, 6.07) is 0. The number of fused-ring (bicyclic) bond motifs is 1. The SMILES string of the molecule is CC[C@@H]1CC[C@@H](CC(O)C=C[C@@H]2[C@@H]3CC(CCOCC(=O)O)C[C@@H]3C[C@H]2O)C1. The lowest BCUT2D eigenvalue weighted by Gasteiger charge is -2.20. The van der Waals surface area contributed by atoms with E-state index in [-0.39, 0.29) is 18.6 Å². The summed E-state index contributed by atoms with van der Waals surface area (Å²) >= 11 is 0. The van der Waals surface area contributed by atoms with E-state index in [9.17, 15) is 15.0 Å². The van der Waals surface area contributed by atoms with Gasteiger partial charge in [-0.05, 0) is 68.1 Å². The highest BCUT2D eigenvalue weighted by Gasteiger charge is 2.46. The van der Waals surface area contributed by atoms with E-state index in [1.54, 1.807) is 0 Å². The molecule has 0 aromatic rings. The quantitative estimate of drug-likeness (QED) is 0.389. The average Bonchev–Trinajstić information content (AvgIpc) is 3.32. The van der Waals surface area contributed by atoms with Crippen LogP contribution in [-0.2, 0) is 9.53 Å². The van der Waals surface area contributed by atoms with Crippen LogP contribution in [0.5, 0.6) is 0 Å². The van der Waals surface area contributed by atoms with Crippen molar-refractivity contribution in [1.82, 2.24) is 0 Å². The molecule has 0 aromatic carbocycles. The summed E-state index contributed by atoms with van der Waals surface area (Å²) in [7, 11) is 0. The maximum absolute atomic E-state index is 10.5. The van der Waals surface area contributed by atoms with Crippen LogP contribution in [0.1, 0.15) is 64.7 Å². The molecule has 3 fully saturated rings. The molecule has 0 radical (unpaired) electrons. The number of ether oxygens (including phenoxy) is 1. The fourth-order valence-corrected chi connectivity index (χ4v) is 6.13. The summed E-state index contributed by atoms with van der Waals surface area (Å²) < 4.78 is 5.19. The van der Waals surface area contributed by atoms with E-state index in [1.807, 2.05) is 6.08 Å². The summed E-state index contributed by atoms with van der Waals surface area (Å²) in [4.78, 5) is 10.5. The maximum atomic E-state index is 10.5. The first-order chi connectivity index (χ1) is 13.5. The Balaban J connectivity index is 1.43. The van der Waals surface area contributed by atoms with E-state index in [4.69, 9.17) is 9.84 Å². The molecule has 3 aliphatic rings. The Bertz CT molecular complexity index is 533. The number of rotatable bonds is 10. The van der Waals surface area contributed by atoms with Crippen LogP contribution in [0.3, 0.4) is 0 Å². The second kappa shape index (κ2) is 10.2. The zero-order valence-electron chi connectivity index (χ0n) is 17.2. The summed E-state index contributed by atoms with van der Waals surface area (Å²) in [5.41, 5.74) is 0. The van der Waals surface area contributed by atoms with Crippen molar-refractivity contribution >= 4 is 5.97 Å². The second-order valence-corrected chi connectivity index (χ2v) is 9.52. The van der Waals surface area contributed by atoms with Gasteiger partial charge in [-0.25, -0.2) is 4.79 Å². The minimum absolute atomic E-state index is 0.150. The van der Waals surface area contributed by atoms with E-state index in [0.29, 0.717) is 30.3 Å². The average molecular weight is 395 g/mol. The molecule has 0 amide bonds. The largest absolute Gasteiger partial charge is 0.480 e. The molecule has 3 rings (SSSR count). The number of aliphatic carboxylic acids is 1. The van der Waals surface area contributed by atoms with Gasteiger partial charge in [-0.1, -0.05) is 38.3 Å². The van der Waals surface area contributed by atoms with Gasteiger partial charge in [0.1, 0.15) is 6.61 Å². The minimum Gasteiger partial charge on any atom is -0.480 e. The molecule has 2 unspecified atom stereocenters. The molecule has 160 valence electrons. The van der Waals surface area contributed by atoms with Gasteiger partial charge in [0.05, 0.1) is 12.2 Å². The number of hydrogen-bond donors (Lipinski definition) is 3. The molecule has 0 aromatic heterocycles. The molecular weight excluding hydrogens is 356 g/mol. The van der Waals surface area contributed by atoms with Crippen molar-refractivity contribution in [3.05, 3.63) is 12.2 Å². The van der Waals surface area contributed by atoms with Gasteiger partial charge in [0.15, 0.2) is 0 Å². The summed E-state index contributed by atoms with van der Waals surface area (Å²) in [6.07, 6.45) is 13.2. The predicted octanol–water partition coefficient (Wildman–Crippen LogP) is 3.63. The number of hydrogen-bond acceptors (Lipinski definition) is 4. The van der Waals surface area contributed by atoms with Gasteiger partial charge in [0.2, 0.25) is 0 Å². The topological polar surface area (TPSA) is 87.0 Å². The Hall–Kier alpha value is -0.910. The van der Waals surface area contributed by atoms with Gasteiger partial charge in [0, 0.05) is 12.5 Å². The number of aliphatic hydroxyl groups is 2. The van der Waals surface area contributed by atoms with Gasteiger partial charge >= 0.3 is 5.97 Å². The van der Waals surface area contributed by atoms with E-state index >= 15 is 0 Å². The lowest BCUT2D eigenvalue weighted by Crippen LogP contribution is -2.19. The number of carboxylic acids is 1. The molecule has 0 saturated heterocycles. The summed E-state index contributed by atoms with van der Waals surface area (Å²) in [5.74, 6) is 2.31. The van der Waals surface area contributed by atoms with Gasteiger partial charge in [-0.15, -0.1) is 0 Å². The van der Waals surface area contributed by atoms with E-state index in [1.165, 1.54) is 25.7 Å². The van der Waals surface area contributed by atoms with Crippen LogP contribution in [-0.4, -0.2) is 46.7 Å². The standard InChI is InChI=1S/C23H38O5/c1-2-15-3-4-16(9-15)11-19(24)5-6-20-21-12-17(7-8-28-14-23(26)27)10-18(21)13-22(20)25/h5-6,15-22,24-25H,2-4,7-14H2,1H3,(H,26,27)/t15-,16-,17?,18-,19?,20-,21-,22-/m1/s1. The smallest absolute Gasteiger partial charge is 0.329 e. The lowest BCUT2D eigenvalue weighted by atomic mass is 9.89. The first-order valence-electron chi connectivity index (χ1n) is 11.3. The fourth-order valence-electron chi connectivity index (χ4n) is 6.13. The summed E-state index contributed by atoms with van der Waals surface area (Å²) in [5, 5.41) is 29.6. The molecule has 0 spiro atoms. The third-order valence-corrected chi connectivity index (χ3v) is 7.58. The predicted molar refractivity (Wildman–Crippen MR) is 108 cm³/mol. The Kier molecular flexibility index (Phi) is 7.95. The van der Waals surface area contributed by atoms with Crippen molar-refractivity contribution in [2.24, 2.45) is 35.5 Å². The van der Waals surface area contributed by atoms with Crippen LogP contribution >= 0.6 is 0 Å². The third kappa shape index (κ3) is 5.80. The third-order valence-electron chi connectivity index (χ3n) is 7.58. The normalized spacial score (nSPS) is 38.9. The molecular formula is C23H38O5. The zero-order chi connectivity index (χ0) is 20.1. The Morgan fingerprint density at radius 1 is 1.14 bits per heavy atom. The highest BCUT2D eigenvalue weighted by molar-refractivity contribution is 5.67. The second-order valence-electron chi connectivity index (χ2n) is 9.52. The van der Waals surface area contributed by atoms with E-state index in [2.05, 4.69) is 13.0 Å². The highest BCUT2D eigenvalue weighted by atomic mass is 16.5. The Morgan fingerprint density at radius 3 is 2.64 bits per heavy atom. The van der Waals surface area contributed by atoms with Crippen LogP contribution in [0, 0.1) is 35.5 Å². The van der Waals surface area contributed by atoms with Crippen LogP contribution in [0.4, 0.5) is 0 Å². The molecule has 3 aliphatic carbocycles. The Morgan fingerprint density at radius 2 is 1.93 bits per heavy atom. The lowest BCUT2D eigenvalue weighted by molar-refractivity contribution is -0.142. The maximum Gasteiger partial charge on any atom is 0.329 e. The molecule has 3 saturated carbocycles. The van der Waals surface area contributed by atoms with Gasteiger partial charge in [-0.2, -0.15) is 0 Å². The van der Waals surface area contributed by atoms with Crippen molar-refractivity contribution in [1.29, 1.82) is 0 Å². The number of carbonyl (C=O) groups is 1. The number of aliphatic hydroxyl groups excluding tert-OH is 2. The molecule has 0 aliphatic heterocycles. The molecule has 28 heavy (non-hydrogen) atoms. The van der Waals surface area contributed by atoms with Gasteiger partial charge < -0.3 is 20.1 Å². The zero-order valence-corrected chi connectivity index (χ0v) is 17.2. The van der Waals surface area contributed by atoms with E-state index in [0.717, 1.165) is 38.0 Å². The van der Waals surface area contributed by atoms with Crippen LogP contribution in [0.15, 0.2) is 12.2 Å². The van der Waals surface area contributed by atoms with Crippen molar-refractivity contribution in [2.45, 2.75) is 76.9 Å². The first-order valence-corrected chi connectivity index (χ1v) is 11.3. The van der Waals surface area contributed by atoms with Crippen molar-refractivity contribution in [2.75, 3.05) is 13.2 Å². The van der Waals surface area contributed by atoms with Crippen molar-refractivity contribution in [3.8, 4) is 0 Å². The van der Waals surface area contributed by atoms with Crippen LogP contribution < -0.4 is 0 Å².